The van der Waals surface area contributed by atoms with Crippen LogP contribution in [-0.4, -0.2) is 14.8 Å². The first-order valence-corrected chi connectivity index (χ1v) is 6.82. The van der Waals surface area contributed by atoms with Crippen molar-refractivity contribution in [1.29, 1.82) is 0 Å². The van der Waals surface area contributed by atoms with E-state index in [9.17, 15) is 33.4 Å². The number of aromatic nitrogens is 1. The number of aryl methyl sites for hydroxylation is 1. The second kappa shape index (κ2) is 6.51. The van der Waals surface area contributed by atoms with E-state index in [2.05, 4.69) is 10.3 Å². The van der Waals surface area contributed by atoms with Crippen LogP contribution in [0.3, 0.4) is 0 Å². The van der Waals surface area contributed by atoms with Crippen molar-refractivity contribution in [2.24, 2.45) is 0 Å². The zero-order chi connectivity index (χ0) is 18.9. The van der Waals surface area contributed by atoms with E-state index in [0.717, 1.165) is 6.07 Å². The van der Waals surface area contributed by atoms with Crippen molar-refractivity contribution in [2.75, 3.05) is 5.32 Å². The molecule has 132 valence electrons. The Morgan fingerprint density at radius 2 is 1.84 bits per heavy atom. The van der Waals surface area contributed by atoms with E-state index in [4.69, 9.17) is 11.6 Å². The first-order valence-electron chi connectivity index (χ1n) is 6.44. The third-order valence-corrected chi connectivity index (χ3v) is 3.44. The van der Waals surface area contributed by atoms with Gasteiger partial charge in [-0.1, -0.05) is 11.6 Å². The van der Waals surface area contributed by atoms with Crippen molar-refractivity contribution in [3.8, 4) is 0 Å². The Morgan fingerprint density at radius 3 is 2.32 bits per heavy atom. The molecule has 0 aliphatic rings. The molecule has 2 rings (SSSR count). The lowest BCUT2D eigenvalue weighted by Crippen LogP contribution is -2.08. The number of nitro benzene ring substituents is 2. The molecule has 1 heterocycles. The highest BCUT2D eigenvalue weighted by Crippen LogP contribution is 2.40. The maximum atomic E-state index is 12.6. The number of nitrogens with one attached hydrogen (secondary N) is 1. The Kier molecular flexibility index (Phi) is 4.79. The third-order valence-electron chi connectivity index (χ3n) is 3.15. The van der Waals surface area contributed by atoms with Crippen LogP contribution in [0.25, 0.3) is 0 Å². The number of hydrogen-bond acceptors (Lipinski definition) is 6. The standard InChI is InChI=1S/C13H8ClF3N4O4/c1-6-2-3-9(20(22)23)10(11(6)21(24)25)19-12-8(14)4-7(5-18-12)13(15,16)17/h2-5H,1H3,(H,18,19). The van der Waals surface area contributed by atoms with E-state index >= 15 is 0 Å². The summed E-state index contributed by atoms with van der Waals surface area (Å²) in [5, 5.41) is 24.1. The molecule has 1 N–H and O–H groups in total. The molecule has 0 radical (unpaired) electrons. The average molecular weight is 377 g/mol. The van der Waals surface area contributed by atoms with E-state index in [-0.39, 0.29) is 11.4 Å². The van der Waals surface area contributed by atoms with Gasteiger partial charge in [-0.2, -0.15) is 13.2 Å². The number of anilines is 2. The molecule has 1 aromatic carbocycles. The summed E-state index contributed by atoms with van der Waals surface area (Å²) in [4.78, 5) is 24.1. The number of nitrogens with zero attached hydrogens (tertiary/aromatic N) is 3. The van der Waals surface area contributed by atoms with Crippen molar-refractivity contribution >= 4 is 34.5 Å². The molecule has 0 fully saturated rings. The normalized spacial score (nSPS) is 11.2. The zero-order valence-electron chi connectivity index (χ0n) is 12.3. The summed E-state index contributed by atoms with van der Waals surface area (Å²) < 4.78 is 37.9. The molecule has 0 bridgehead atoms. The van der Waals surface area contributed by atoms with Gasteiger partial charge >= 0.3 is 11.9 Å². The first kappa shape index (κ1) is 18.4. The fraction of sp³-hybridized carbons (Fsp3) is 0.154. The molecule has 0 aliphatic heterocycles. The first-order chi connectivity index (χ1) is 11.5. The lowest BCUT2D eigenvalue weighted by Gasteiger charge is -2.12. The Morgan fingerprint density at radius 1 is 1.20 bits per heavy atom. The minimum atomic E-state index is -4.68. The maximum Gasteiger partial charge on any atom is 0.417 e. The molecule has 0 saturated carbocycles. The summed E-state index contributed by atoms with van der Waals surface area (Å²) in [6, 6.07) is 2.77. The number of hydrogen-bond donors (Lipinski definition) is 1. The number of benzene rings is 1. The highest BCUT2D eigenvalue weighted by molar-refractivity contribution is 6.33. The molecule has 0 aliphatic carbocycles. The fourth-order valence-corrected chi connectivity index (χ4v) is 2.21. The van der Waals surface area contributed by atoms with Crippen LogP contribution in [0, 0.1) is 27.2 Å². The highest BCUT2D eigenvalue weighted by Gasteiger charge is 2.32. The lowest BCUT2D eigenvalue weighted by molar-refractivity contribution is -0.392. The summed E-state index contributed by atoms with van der Waals surface area (Å²) in [6.07, 6.45) is -4.22. The number of rotatable bonds is 4. The molecule has 12 heteroatoms. The predicted octanol–water partition coefficient (Wildman–Crippen LogP) is 4.62. The average Bonchev–Trinajstić information content (AvgIpc) is 2.47. The molecular weight excluding hydrogens is 369 g/mol. The molecule has 0 atom stereocenters. The summed E-state index contributed by atoms with van der Waals surface area (Å²) in [5.41, 5.74) is -2.79. The van der Waals surface area contributed by atoms with Gasteiger partial charge in [0.25, 0.3) is 5.69 Å². The molecule has 2 aromatic rings. The SMILES string of the molecule is Cc1ccc([N+](=O)[O-])c(Nc2ncc(C(F)(F)F)cc2Cl)c1[N+](=O)[O-]. The van der Waals surface area contributed by atoms with Crippen LogP contribution in [-0.2, 0) is 6.18 Å². The van der Waals surface area contributed by atoms with E-state index in [1.807, 2.05) is 0 Å². The predicted molar refractivity (Wildman–Crippen MR) is 82.0 cm³/mol. The topological polar surface area (TPSA) is 111 Å². The quantitative estimate of drug-likeness (QED) is 0.615. The molecule has 0 saturated heterocycles. The van der Waals surface area contributed by atoms with Crippen molar-refractivity contribution < 1.29 is 23.0 Å². The van der Waals surface area contributed by atoms with E-state index < -0.39 is 43.7 Å². The molecule has 0 amide bonds. The summed E-state index contributed by atoms with van der Waals surface area (Å²) in [5.74, 6) is -0.383. The minimum Gasteiger partial charge on any atom is -0.328 e. The van der Waals surface area contributed by atoms with E-state index in [1.165, 1.54) is 13.0 Å². The molecular formula is C13H8ClF3N4O4. The Balaban J connectivity index is 2.59. The largest absolute Gasteiger partial charge is 0.417 e. The summed E-state index contributed by atoms with van der Waals surface area (Å²) >= 11 is 5.72. The fourth-order valence-electron chi connectivity index (χ4n) is 2.00. The van der Waals surface area contributed by atoms with Crippen molar-refractivity contribution in [2.45, 2.75) is 13.1 Å². The number of halogens is 4. The Hall–Kier alpha value is -2.95. The van der Waals surface area contributed by atoms with Crippen LogP contribution in [0.1, 0.15) is 11.1 Å². The van der Waals surface area contributed by atoms with Crippen molar-refractivity contribution in [3.63, 3.8) is 0 Å². The zero-order valence-corrected chi connectivity index (χ0v) is 13.1. The second-order valence-electron chi connectivity index (χ2n) is 4.82. The van der Waals surface area contributed by atoms with Gasteiger partial charge in [-0.25, -0.2) is 4.98 Å². The summed E-state index contributed by atoms with van der Waals surface area (Å²) in [6.45, 7) is 1.36. The van der Waals surface area contributed by atoms with Gasteiger partial charge < -0.3 is 5.32 Å². The maximum absolute atomic E-state index is 12.6. The van der Waals surface area contributed by atoms with Crippen molar-refractivity contribution in [3.05, 3.63) is 60.8 Å². The smallest absolute Gasteiger partial charge is 0.328 e. The Labute approximate surface area is 142 Å². The van der Waals surface area contributed by atoms with Crippen LogP contribution in [0.15, 0.2) is 24.4 Å². The minimum absolute atomic E-state index is 0.112. The molecule has 1 aromatic heterocycles. The number of alkyl halides is 3. The van der Waals surface area contributed by atoms with Gasteiger partial charge in [0.15, 0.2) is 5.69 Å². The van der Waals surface area contributed by atoms with Gasteiger partial charge in [0.05, 0.1) is 20.4 Å². The molecule has 0 unspecified atom stereocenters. The van der Waals surface area contributed by atoms with Gasteiger partial charge in [0.2, 0.25) is 0 Å². The van der Waals surface area contributed by atoms with Gasteiger partial charge in [-0.15, -0.1) is 0 Å². The van der Waals surface area contributed by atoms with E-state index in [0.29, 0.717) is 12.3 Å². The highest BCUT2D eigenvalue weighted by atomic mass is 35.5. The van der Waals surface area contributed by atoms with Gasteiger partial charge in [-0.05, 0) is 19.1 Å². The molecule has 25 heavy (non-hydrogen) atoms. The third kappa shape index (κ3) is 3.76. The van der Waals surface area contributed by atoms with Gasteiger partial charge in [-0.3, -0.25) is 20.2 Å². The Bertz CT molecular complexity index is 873. The van der Waals surface area contributed by atoms with Crippen LogP contribution in [0.5, 0.6) is 0 Å². The van der Waals surface area contributed by atoms with Gasteiger partial charge in [0.1, 0.15) is 5.82 Å². The van der Waals surface area contributed by atoms with Gasteiger partial charge in [0, 0.05) is 17.8 Å². The van der Waals surface area contributed by atoms with Crippen molar-refractivity contribution in [1.82, 2.24) is 4.98 Å². The van der Waals surface area contributed by atoms with Crippen LogP contribution >= 0.6 is 11.6 Å². The van der Waals surface area contributed by atoms with Crippen LogP contribution in [0.2, 0.25) is 5.02 Å². The second-order valence-corrected chi connectivity index (χ2v) is 5.22. The monoisotopic (exact) mass is 376 g/mol. The summed E-state index contributed by atoms with van der Waals surface area (Å²) in [7, 11) is 0. The van der Waals surface area contributed by atoms with Crippen LogP contribution in [0.4, 0.5) is 36.1 Å². The number of nitro groups is 2. The van der Waals surface area contributed by atoms with E-state index in [1.54, 1.807) is 0 Å². The molecule has 0 spiro atoms. The number of pyridine rings is 1. The lowest BCUT2D eigenvalue weighted by atomic mass is 10.1. The molecule has 8 nitrogen and oxygen atoms in total. The van der Waals surface area contributed by atoms with Crippen LogP contribution < -0.4 is 5.32 Å².